The first-order chi connectivity index (χ1) is 8.02. The van der Waals surface area contributed by atoms with Gasteiger partial charge in [0.25, 0.3) is 0 Å². The first kappa shape index (κ1) is 14.4. The van der Waals surface area contributed by atoms with Crippen molar-refractivity contribution in [2.45, 2.75) is 12.6 Å². The standard InChI is InChI=1S/C12H18BrNO3/c1-14(7-11(15)8-17-2)6-9-5-10(13)3-4-12(9)16/h3-5,11,15-16H,6-8H2,1-2H3. The van der Waals surface area contributed by atoms with E-state index < -0.39 is 6.10 Å². The minimum absolute atomic E-state index is 0.265. The molecule has 0 aliphatic rings. The van der Waals surface area contributed by atoms with Gasteiger partial charge in [0.05, 0.1) is 12.7 Å². The molecule has 0 aliphatic carbocycles. The van der Waals surface area contributed by atoms with Crippen molar-refractivity contribution in [2.75, 3.05) is 27.3 Å². The van der Waals surface area contributed by atoms with Crippen LogP contribution in [0.25, 0.3) is 0 Å². The Balaban J connectivity index is 2.55. The number of halogens is 1. The van der Waals surface area contributed by atoms with E-state index in [4.69, 9.17) is 4.74 Å². The minimum atomic E-state index is -0.515. The summed E-state index contributed by atoms with van der Waals surface area (Å²) in [6.07, 6.45) is -0.515. The Kier molecular flexibility index (Phi) is 5.91. The van der Waals surface area contributed by atoms with E-state index in [1.54, 1.807) is 19.2 Å². The van der Waals surface area contributed by atoms with Crippen LogP contribution in [0.15, 0.2) is 22.7 Å². The second-order valence-corrected chi connectivity index (χ2v) is 4.99. The summed E-state index contributed by atoms with van der Waals surface area (Å²) in [5.41, 5.74) is 0.825. The maximum atomic E-state index is 9.69. The molecule has 4 nitrogen and oxygen atoms in total. The van der Waals surface area contributed by atoms with Crippen LogP contribution in [0.2, 0.25) is 0 Å². The van der Waals surface area contributed by atoms with E-state index >= 15 is 0 Å². The summed E-state index contributed by atoms with van der Waals surface area (Å²) >= 11 is 3.36. The molecule has 1 aromatic carbocycles. The van der Waals surface area contributed by atoms with Crippen LogP contribution >= 0.6 is 15.9 Å². The van der Waals surface area contributed by atoms with Crippen molar-refractivity contribution in [3.63, 3.8) is 0 Å². The van der Waals surface area contributed by atoms with Gasteiger partial charge >= 0.3 is 0 Å². The van der Waals surface area contributed by atoms with Crippen LogP contribution in [0.3, 0.4) is 0 Å². The summed E-state index contributed by atoms with van der Waals surface area (Å²) in [6, 6.07) is 5.31. The van der Waals surface area contributed by atoms with Gasteiger partial charge in [-0.1, -0.05) is 15.9 Å². The van der Waals surface area contributed by atoms with Crippen molar-refractivity contribution >= 4 is 15.9 Å². The number of aliphatic hydroxyl groups is 1. The number of hydrogen-bond acceptors (Lipinski definition) is 4. The number of phenolic OH excluding ortho intramolecular Hbond substituents is 1. The van der Waals surface area contributed by atoms with Crippen LogP contribution in [-0.2, 0) is 11.3 Å². The van der Waals surface area contributed by atoms with Crippen LogP contribution in [0.1, 0.15) is 5.56 Å². The number of hydrogen-bond donors (Lipinski definition) is 2. The SMILES string of the molecule is COCC(O)CN(C)Cc1cc(Br)ccc1O. The zero-order chi connectivity index (χ0) is 12.8. The van der Waals surface area contributed by atoms with E-state index in [1.165, 1.54) is 0 Å². The number of rotatable bonds is 6. The van der Waals surface area contributed by atoms with Crippen molar-refractivity contribution in [3.8, 4) is 5.75 Å². The molecule has 1 atom stereocenters. The lowest BCUT2D eigenvalue weighted by Gasteiger charge is -2.20. The molecular formula is C12H18BrNO3. The molecule has 0 aromatic heterocycles. The number of methoxy groups -OCH3 is 1. The number of likely N-dealkylation sites (N-methyl/N-ethyl adjacent to an activating group) is 1. The molecule has 0 aliphatic heterocycles. The number of benzene rings is 1. The van der Waals surface area contributed by atoms with Crippen LogP contribution in [-0.4, -0.2) is 48.5 Å². The number of ether oxygens (including phenoxy) is 1. The van der Waals surface area contributed by atoms with Crippen LogP contribution in [0.4, 0.5) is 0 Å². The van der Waals surface area contributed by atoms with Gasteiger partial charge in [-0.2, -0.15) is 0 Å². The molecule has 0 spiro atoms. The van der Waals surface area contributed by atoms with Crippen molar-refractivity contribution in [1.29, 1.82) is 0 Å². The highest BCUT2D eigenvalue weighted by atomic mass is 79.9. The molecule has 17 heavy (non-hydrogen) atoms. The Hall–Kier alpha value is -0.620. The van der Waals surface area contributed by atoms with Gasteiger partial charge in [-0.3, -0.25) is 4.90 Å². The average molecular weight is 304 g/mol. The lowest BCUT2D eigenvalue weighted by molar-refractivity contribution is 0.0417. The van der Waals surface area contributed by atoms with E-state index in [9.17, 15) is 10.2 Å². The lowest BCUT2D eigenvalue weighted by Crippen LogP contribution is -2.31. The topological polar surface area (TPSA) is 52.9 Å². The van der Waals surface area contributed by atoms with Crippen molar-refractivity contribution < 1.29 is 14.9 Å². The Morgan fingerprint density at radius 2 is 2.18 bits per heavy atom. The van der Waals surface area contributed by atoms with Gasteiger partial charge in [-0.25, -0.2) is 0 Å². The van der Waals surface area contributed by atoms with Gasteiger partial charge in [0.15, 0.2) is 0 Å². The summed E-state index contributed by atoms with van der Waals surface area (Å²) in [5, 5.41) is 19.3. The number of phenols is 1. The first-order valence-corrected chi connectivity index (χ1v) is 6.15. The van der Waals surface area contributed by atoms with E-state index in [0.717, 1.165) is 10.0 Å². The third-order valence-corrected chi connectivity index (χ3v) is 2.86. The Labute approximate surface area is 110 Å². The highest BCUT2D eigenvalue weighted by Gasteiger charge is 2.10. The van der Waals surface area contributed by atoms with Crippen molar-refractivity contribution in [2.24, 2.45) is 0 Å². The van der Waals surface area contributed by atoms with Crippen molar-refractivity contribution in [1.82, 2.24) is 4.90 Å². The molecule has 0 saturated carbocycles. The molecule has 0 bridgehead atoms. The van der Waals surface area contributed by atoms with Crippen LogP contribution in [0.5, 0.6) is 5.75 Å². The molecule has 0 saturated heterocycles. The van der Waals surface area contributed by atoms with Crippen LogP contribution in [0, 0.1) is 0 Å². The number of nitrogens with zero attached hydrogens (tertiary/aromatic N) is 1. The Morgan fingerprint density at radius 3 is 2.82 bits per heavy atom. The quantitative estimate of drug-likeness (QED) is 0.838. The molecule has 1 rings (SSSR count). The molecule has 1 unspecified atom stereocenters. The number of aromatic hydroxyl groups is 1. The predicted molar refractivity (Wildman–Crippen MR) is 70.0 cm³/mol. The van der Waals surface area contributed by atoms with E-state index in [2.05, 4.69) is 15.9 Å². The Bertz CT molecular complexity index is 360. The summed E-state index contributed by atoms with van der Waals surface area (Å²) in [4.78, 5) is 1.94. The fraction of sp³-hybridized carbons (Fsp3) is 0.500. The predicted octanol–water partition coefficient (Wildman–Crippen LogP) is 1.59. The molecular weight excluding hydrogens is 286 g/mol. The molecule has 0 radical (unpaired) electrons. The van der Waals surface area contributed by atoms with E-state index in [-0.39, 0.29) is 5.75 Å². The average Bonchev–Trinajstić information content (AvgIpc) is 2.23. The van der Waals surface area contributed by atoms with E-state index in [1.807, 2.05) is 18.0 Å². The monoisotopic (exact) mass is 303 g/mol. The maximum absolute atomic E-state index is 9.69. The van der Waals surface area contributed by atoms with Gasteiger partial charge in [0.2, 0.25) is 0 Å². The zero-order valence-electron chi connectivity index (χ0n) is 10.1. The van der Waals surface area contributed by atoms with Gasteiger partial charge in [-0.15, -0.1) is 0 Å². The number of aliphatic hydroxyl groups excluding tert-OH is 1. The van der Waals surface area contributed by atoms with Gasteiger partial charge in [0, 0.05) is 30.2 Å². The summed E-state index contributed by atoms with van der Waals surface area (Å²) in [5.74, 6) is 0.265. The van der Waals surface area contributed by atoms with Crippen LogP contribution < -0.4 is 0 Å². The largest absolute Gasteiger partial charge is 0.508 e. The lowest BCUT2D eigenvalue weighted by atomic mass is 10.2. The zero-order valence-corrected chi connectivity index (χ0v) is 11.6. The molecule has 5 heteroatoms. The second kappa shape index (κ2) is 6.96. The molecule has 0 heterocycles. The fourth-order valence-corrected chi connectivity index (χ4v) is 2.05. The maximum Gasteiger partial charge on any atom is 0.120 e. The van der Waals surface area contributed by atoms with E-state index in [0.29, 0.717) is 19.7 Å². The third kappa shape index (κ3) is 5.04. The molecule has 2 N–H and O–H groups in total. The molecule has 0 amide bonds. The fourth-order valence-electron chi connectivity index (χ4n) is 1.64. The third-order valence-electron chi connectivity index (χ3n) is 2.36. The second-order valence-electron chi connectivity index (χ2n) is 4.08. The minimum Gasteiger partial charge on any atom is -0.508 e. The van der Waals surface area contributed by atoms with Gasteiger partial charge < -0.3 is 14.9 Å². The summed E-state index contributed by atoms with van der Waals surface area (Å²) < 4.78 is 5.79. The van der Waals surface area contributed by atoms with Crippen molar-refractivity contribution in [3.05, 3.63) is 28.2 Å². The molecule has 96 valence electrons. The Morgan fingerprint density at radius 1 is 1.47 bits per heavy atom. The highest BCUT2D eigenvalue weighted by Crippen LogP contribution is 2.22. The smallest absolute Gasteiger partial charge is 0.120 e. The first-order valence-electron chi connectivity index (χ1n) is 5.36. The van der Waals surface area contributed by atoms with Gasteiger partial charge in [-0.05, 0) is 25.2 Å². The normalized spacial score (nSPS) is 13.0. The summed E-state index contributed by atoms with van der Waals surface area (Å²) in [7, 11) is 3.45. The summed E-state index contributed by atoms with van der Waals surface area (Å²) in [6.45, 7) is 1.39. The highest BCUT2D eigenvalue weighted by molar-refractivity contribution is 9.10. The van der Waals surface area contributed by atoms with Gasteiger partial charge in [0.1, 0.15) is 5.75 Å². The molecule has 1 aromatic rings. The molecule has 0 fully saturated rings.